The van der Waals surface area contributed by atoms with Crippen molar-refractivity contribution in [3.8, 4) is 5.75 Å². The van der Waals surface area contributed by atoms with Crippen molar-refractivity contribution < 1.29 is 18.5 Å². The van der Waals surface area contributed by atoms with E-state index in [2.05, 4.69) is 10.5 Å². The van der Waals surface area contributed by atoms with E-state index in [1.165, 1.54) is 6.07 Å². The molecule has 0 radical (unpaired) electrons. The van der Waals surface area contributed by atoms with Crippen LogP contribution in [0.1, 0.15) is 29.5 Å². The number of hydrogen-bond acceptors (Lipinski definition) is 6. The maximum atomic E-state index is 12.2. The molecule has 0 atom stereocenters. The minimum Gasteiger partial charge on any atom is -0.493 e. The first-order chi connectivity index (χ1) is 11.6. The van der Waals surface area contributed by atoms with Crippen LogP contribution in [-0.4, -0.2) is 17.7 Å². The average molecular weight is 328 g/mol. The Morgan fingerprint density at radius 1 is 1.29 bits per heavy atom. The molecule has 0 saturated carbocycles. The Morgan fingerprint density at radius 2 is 2.12 bits per heavy atom. The molecule has 24 heavy (non-hydrogen) atoms. The van der Waals surface area contributed by atoms with Crippen LogP contribution in [0.4, 0.5) is 5.82 Å². The normalized spacial score (nSPS) is 10.8. The lowest BCUT2D eigenvalue weighted by Crippen LogP contribution is -2.20. The van der Waals surface area contributed by atoms with Crippen molar-refractivity contribution in [1.82, 2.24) is 5.16 Å². The van der Waals surface area contributed by atoms with Gasteiger partial charge in [-0.05, 0) is 31.5 Å². The van der Waals surface area contributed by atoms with Crippen LogP contribution < -0.4 is 15.7 Å². The van der Waals surface area contributed by atoms with E-state index in [0.29, 0.717) is 29.1 Å². The summed E-state index contributed by atoms with van der Waals surface area (Å²) in [5, 5.41) is 6.78. The van der Waals surface area contributed by atoms with Gasteiger partial charge in [-0.15, -0.1) is 0 Å². The van der Waals surface area contributed by atoms with E-state index in [1.807, 2.05) is 6.92 Å². The summed E-state index contributed by atoms with van der Waals surface area (Å²) in [6.45, 7) is 4.28. The predicted octanol–water partition coefficient (Wildman–Crippen LogP) is 3.13. The molecule has 0 aliphatic carbocycles. The van der Waals surface area contributed by atoms with Crippen LogP contribution >= 0.6 is 0 Å². The van der Waals surface area contributed by atoms with Crippen LogP contribution in [0.15, 0.2) is 44.1 Å². The van der Waals surface area contributed by atoms with Gasteiger partial charge in [-0.1, -0.05) is 12.1 Å². The fraction of sp³-hybridized carbons (Fsp3) is 0.235. The molecule has 0 bridgehead atoms. The van der Waals surface area contributed by atoms with Gasteiger partial charge >= 0.3 is 5.63 Å². The van der Waals surface area contributed by atoms with Gasteiger partial charge in [-0.25, -0.2) is 4.79 Å². The number of aryl methyl sites for hydroxylation is 1. The first kappa shape index (κ1) is 15.8. The molecule has 7 heteroatoms. The molecule has 2 aromatic heterocycles. The number of fused-ring (bicyclic) bond motifs is 1. The second-order valence-corrected chi connectivity index (χ2v) is 5.27. The first-order valence-corrected chi connectivity index (χ1v) is 7.52. The molecule has 2 heterocycles. The summed E-state index contributed by atoms with van der Waals surface area (Å²) in [6.07, 6.45) is 0.878. The van der Waals surface area contributed by atoms with E-state index in [4.69, 9.17) is 13.7 Å². The van der Waals surface area contributed by atoms with E-state index < -0.39 is 11.5 Å². The number of carbonyl (C=O) groups excluding carboxylic acids is 1. The van der Waals surface area contributed by atoms with Crippen molar-refractivity contribution in [3.05, 3.63) is 52.1 Å². The largest absolute Gasteiger partial charge is 0.493 e. The first-order valence-electron chi connectivity index (χ1n) is 7.52. The standard InChI is InChI=1S/C17H16N2O5/c1-3-6-22-12-5-4-11-8-13(17(21)23-14(11)9-12)16(20)18-15-7-10(2)24-19-15/h4-5,7-9H,3,6H2,1-2H3,(H,18,19,20). The molecule has 1 amide bonds. The zero-order valence-corrected chi connectivity index (χ0v) is 13.3. The maximum Gasteiger partial charge on any atom is 0.349 e. The highest BCUT2D eigenvalue weighted by molar-refractivity contribution is 6.04. The number of nitrogens with zero attached hydrogens (tertiary/aromatic N) is 1. The summed E-state index contributed by atoms with van der Waals surface area (Å²) in [7, 11) is 0. The van der Waals surface area contributed by atoms with Gasteiger partial charge in [0, 0.05) is 17.5 Å². The molecule has 124 valence electrons. The van der Waals surface area contributed by atoms with Crippen molar-refractivity contribution in [2.45, 2.75) is 20.3 Å². The molecular weight excluding hydrogens is 312 g/mol. The number of rotatable bonds is 5. The van der Waals surface area contributed by atoms with Gasteiger partial charge in [0.05, 0.1) is 6.61 Å². The summed E-state index contributed by atoms with van der Waals surface area (Å²) in [5.74, 6) is 0.795. The van der Waals surface area contributed by atoms with Crippen LogP contribution in [0.3, 0.4) is 0 Å². The average Bonchev–Trinajstić information content (AvgIpc) is 2.96. The number of hydrogen-bond donors (Lipinski definition) is 1. The van der Waals surface area contributed by atoms with Gasteiger partial charge in [-0.2, -0.15) is 0 Å². The van der Waals surface area contributed by atoms with Crippen LogP contribution in [0.2, 0.25) is 0 Å². The van der Waals surface area contributed by atoms with Crippen LogP contribution in [0, 0.1) is 6.92 Å². The minimum absolute atomic E-state index is 0.106. The Kier molecular flexibility index (Phi) is 4.33. The monoisotopic (exact) mass is 328 g/mol. The second kappa shape index (κ2) is 6.57. The molecular formula is C17H16N2O5. The molecule has 0 aliphatic heterocycles. The third kappa shape index (κ3) is 3.29. The van der Waals surface area contributed by atoms with Gasteiger partial charge in [0.25, 0.3) is 5.91 Å². The van der Waals surface area contributed by atoms with E-state index in [0.717, 1.165) is 6.42 Å². The van der Waals surface area contributed by atoms with E-state index in [9.17, 15) is 9.59 Å². The van der Waals surface area contributed by atoms with Crippen molar-refractivity contribution in [2.75, 3.05) is 11.9 Å². The summed E-state index contributed by atoms with van der Waals surface area (Å²) >= 11 is 0. The Hall–Kier alpha value is -3.09. The summed E-state index contributed by atoms with van der Waals surface area (Å²) in [6, 6.07) is 8.17. The fourth-order valence-electron chi connectivity index (χ4n) is 2.17. The summed E-state index contributed by atoms with van der Waals surface area (Å²) in [5.41, 5.74) is -0.472. The number of anilines is 1. The molecule has 1 N–H and O–H groups in total. The van der Waals surface area contributed by atoms with E-state index in [-0.39, 0.29) is 11.4 Å². The van der Waals surface area contributed by atoms with Gasteiger partial charge in [-0.3, -0.25) is 4.79 Å². The minimum atomic E-state index is -0.729. The third-order valence-corrected chi connectivity index (χ3v) is 3.29. The van der Waals surface area contributed by atoms with Crippen molar-refractivity contribution >= 4 is 22.7 Å². The quantitative estimate of drug-likeness (QED) is 0.723. The molecule has 0 fully saturated rings. The summed E-state index contributed by atoms with van der Waals surface area (Å²) in [4.78, 5) is 24.3. The maximum absolute atomic E-state index is 12.2. The number of aromatic nitrogens is 1. The smallest absolute Gasteiger partial charge is 0.349 e. The van der Waals surface area contributed by atoms with Crippen molar-refractivity contribution in [3.63, 3.8) is 0 Å². The molecule has 0 spiro atoms. The highest BCUT2D eigenvalue weighted by Gasteiger charge is 2.15. The Balaban J connectivity index is 1.90. The summed E-state index contributed by atoms with van der Waals surface area (Å²) < 4.78 is 15.6. The predicted molar refractivity (Wildman–Crippen MR) is 87.5 cm³/mol. The molecule has 3 aromatic rings. The Morgan fingerprint density at radius 3 is 2.83 bits per heavy atom. The molecule has 7 nitrogen and oxygen atoms in total. The number of amides is 1. The number of benzene rings is 1. The van der Waals surface area contributed by atoms with Crippen molar-refractivity contribution in [1.29, 1.82) is 0 Å². The molecule has 3 rings (SSSR count). The number of carbonyl (C=O) groups is 1. The van der Waals surface area contributed by atoms with Gasteiger partial charge in [0.15, 0.2) is 5.82 Å². The number of ether oxygens (including phenoxy) is 1. The van der Waals surface area contributed by atoms with Crippen LogP contribution in [0.25, 0.3) is 11.0 Å². The zero-order valence-electron chi connectivity index (χ0n) is 13.3. The van der Waals surface area contributed by atoms with Gasteiger partial charge < -0.3 is 19.0 Å². The second-order valence-electron chi connectivity index (χ2n) is 5.27. The Bertz CT molecular complexity index is 942. The molecule has 0 saturated heterocycles. The zero-order chi connectivity index (χ0) is 17.1. The highest BCUT2D eigenvalue weighted by Crippen LogP contribution is 2.21. The lowest BCUT2D eigenvalue weighted by Gasteiger charge is -2.06. The van der Waals surface area contributed by atoms with E-state index in [1.54, 1.807) is 31.2 Å². The topological polar surface area (TPSA) is 94.6 Å². The third-order valence-electron chi connectivity index (χ3n) is 3.29. The lowest BCUT2D eigenvalue weighted by molar-refractivity contribution is 0.102. The van der Waals surface area contributed by atoms with E-state index >= 15 is 0 Å². The van der Waals surface area contributed by atoms with Crippen LogP contribution in [0.5, 0.6) is 5.75 Å². The highest BCUT2D eigenvalue weighted by atomic mass is 16.5. The lowest BCUT2D eigenvalue weighted by atomic mass is 10.1. The SMILES string of the molecule is CCCOc1ccc2cc(C(=O)Nc3cc(C)on3)c(=O)oc2c1. The fourth-order valence-corrected chi connectivity index (χ4v) is 2.17. The number of nitrogens with one attached hydrogen (secondary N) is 1. The molecule has 0 unspecified atom stereocenters. The van der Waals surface area contributed by atoms with Gasteiger partial charge in [0.1, 0.15) is 22.7 Å². The molecule has 1 aromatic carbocycles. The van der Waals surface area contributed by atoms with Crippen molar-refractivity contribution in [2.24, 2.45) is 0 Å². The van der Waals surface area contributed by atoms with Gasteiger partial charge in [0.2, 0.25) is 0 Å². The van der Waals surface area contributed by atoms with Crippen LogP contribution in [-0.2, 0) is 0 Å². The molecule has 0 aliphatic rings. The Labute approximate surface area is 137 Å².